The van der Waals surface area contributed by atoms with Crippen molar-refractivity contribution in [2.45, 2.75) is 63.0 Å². The molecule has 0 amide bonds. The maximum Gasteiger partial charge on any atom is 0.0649 e. The van der Waals surface area contributed by atoms with Gasteiger partial charge in [0.15, 0.2) is 0 Å². The minimum Gasteiger partial charge on any atom is -0.390 e. The molecule has 2 saturated heterocycles. The Labute approximate surface area is 122 Å². The summed E-state index contributed by atoms with van der Waals surface area (Å²) in [5.74, 6) is 0. The van der Waals surface area contributed by atoms with E-state index in [4.69, 9.17) is 0 Å². The van der Waals surface area contributed by atoms with Gasteiger partial charge in [0.2, 0.25) is 0 Å². The van der Waals surface area contributed by atoms with Crippen molar-refractivity contribution < 1.29 is 5.11 Å². The van der Waals surface area contributed by atoms with E-state index in [1.54, 1.807) is 0 Å². The van der Waals surface area contributed by atoms with Crippen LogP contribution in [0, 0.1) is 0 Å². The first-order valence-corrected chi connectivity index (χ1v) is 7.86. The highest BCUT2D eigenvalue weighted by molar-refractivity contribution is 5.27. The normalized spacial score (nSPS) is 42.2. The zero-order valence-electron chi connectivity index (χ0n) is 13.0. The van der Waals surface area contributed by atoms with Crippen LogP contribution in [0.3, 0.4) is 0 Å². The van der Waals surface area contributed by atoms with Gasteiger partial charge in [0.1, 0.15) is 0 Å². The molecule has 3 unspecified atom stereocenters. The van der Waals surface area contributed by atoms with Crippen LogP contribution in [0.2, 0.25) is 0 Å². The zero-order valence-corrected chi connectivity index (χ0v) is 13.0. The van der Waals surface area contributed by atoms with Gasteiger partial charge in [0, 0.05) is 24.0 Å². The quantitative estimate of drug-likeness (QED) is 0.848. The molecule has 2 fully saturated rings. The third-order valence-electron chi connectivity index (χ3n) is 5.67. The molecule has 0 spiro atoms. The van der Waals surface area contributed by atoms with Gasteiger partial charge in [-0.15, -0.1) is 0 Å². The van der Waals surface area contributed by atoms with Gasteiger partial charge in [-0.05, 0) is 45.1 Å². The number of rotatable bonds is 1. The van der Waals surface area contributed by atoms with E-state index >= 15 is 0 Å². The van der Waals surface area contributed by atoms with E-state index in [2.05, 4.69) is 49.1 Å². The van der Waals surface area contributed by atoms with Gasteiger partial charge in [-0.25, -0.2) is 0 Å². The highest BCUT2D eigenvalue weighted by atomic mass is 16.3. The fraction of sp³-hybridized carbons (Fsp3) is 0.667. The van der Waals surface area contributed by atoms with Crippen molar-refractivity contribution in [3.63, 3.8) is 0 Å². The van der Waals surface area contributed by atoms with Gasteiger partial charge < -0.3 is 5.11 Å². The van der Waals surface area contributed by atoms with Crippen LogP contribution >= 0.6 is 0 Å². The molecule has 0 bridgehead atoms. The van der Waals surface area contributed by atoms with Crippen LogP contribution in [-0.2, 0) is 5.41 Å². The molecule has 3 rings (SSSR count). The van der Waals surface area contributed by atoms with E-state index in [0.29, 0.717) is 0 Å². The molecule has 1 N–H and O–H groups in total. The monoisotopic (exact) mass is 273 g/mol. The highest BCUT2D eigenvalue weighted by Gasteiger charge is 2.49. The zero-order chi connectivity index (χ0) is 14.4. The van der Waals surface area contributed by atoms with Crippen LogP contribution in [0.25, 0.3) is 0 Å². The molecule has 0 aliphatic carbocycles. The van der Waals surface area contributed by atoms with E-state index in [1.807, 2.05) is 6.92 Å². The molecule has 2 aliphatic rings. The smallest absolute Gasteiger partial charge is 0.0649 e. The summed E-state index contributed by atoms with van der Waals surface area (Å²) in [6.07, 6.45) is 4.19. The Morgan fingerprint density at radius 2 is 1.70 bits per heavy atom. The Hall–Kier alpha value is -0.860. The summed E-state index contributed by atoms with van der Waals surface area (Å²) >= 11 is 0. The molecule has 0 saturated carbocycles. The molecule has 0 radical (unpaired) electrons. The van der Waals surface area contributed by atoms with Crippen molar-refractivity contribution >= 4 is 0 Å². The van der Waals surface area contributed by atoms with Gasteiger partial charge in [-0.2, -0.15) is 0 Å². The average Bonchev–Trinajstić information content (AvgIpc) is 2.40. The fourth-order valence-corrected chi connectivity index (χ4v) is 4.30. The first-order valence-electron chi connectivity index (χ1n) is 7.86. The van der Waals surface area contributed by atoms with Crippen molar-refractivity contribution in [2.24, 2.45) is 0 Å². The van der Waals surface area contributed by atoms with E-state index in [0.717, 1.165) is 25.9 Å². The van der Waals surface area contributed by atoms with Gasteiger partial charge >= 0.3 is 0 Å². The number of hydrogen-bond donors (Lipinski definition) is 1. The number of piperidine rings is 2. The Kier molecular flexibility index (Phi) is 3.22. The van der Waals surface area contributed by atoms with E-state index in [1.165, 1.54) is 18.4 Å². The average molecular weight is 273 g/mol. The second-order valence-corrected chi connectivity index (χ2v) is 7.77. The van der Waals surface area contributed by atoms with Gasteiger partial charge in [0.05, 0.1) is 5.60 Å². The summed E-state index contributed by atoms with van der Waals surface area (Å²) in [6, 6.07) is 10.9. The fourth-order valence-electron chi connectivity index (χ4n) is 4.30. The first kappa shape index (κ1) is 14.1. The second-order valence-electron chi connectivity index (χ2n) is 7.77. The summed E-state index contributed by atoms with van der Waals surface area (Å²) in [5, 5.41) is 10.4. The largest absolute Gasteiger partial charge is 0.390 e. The summed E-state index contributed by atoms with van der Waals surface area (Å²) < 4.78 is 0. The minimum absolute atomic E-state index is 0.177. The predicted molar refractivity (Wildman–Crippen MR) is 82.9 cm³/mol. The lowest BCUT2D eigenvalue weighted by atomic mass is 9.66. The topological polar surface area (TPSA) is 23.5 Å². The number of nitrogens with zero attached hydrogens (tertiary/aromatic N) is 1. The van der Waals surface area contributed by atoms with Gasteiger partial charge in [-0.3, -0.25) is 4.90 Å². The Balaban J connectivity index is 1.83. The lowest BCUT2D eigenvalue weighted by Gasteiger charge is -2.57. The van der Waals surface area contributed by atoms with Gasteiger partial charge in [-0.1, -0.05) is 37.3 Å². The highest BCUT2D eigenvalue weighted by Crippen LogP contribution is 2.46. The predicted octanol–water partition coefficient (Wildman–Crippen LogP) is 3.34. The van der Waals surface area contributed by atoms with Crippen molar-refractivity contribution in [3.05, 3.63) is 35.9 Å². The second kappa shape index (κ2) is 4.57. The molecule has 1 aromatic rings. The summed E-state index contributed by atoms with van der Waals surface area (Å²) in [4.78, 5) is 2.63. The number of fused-ring (bicyclic) bond motifs is 1. The SMILES string of the molecule is CC1(O)CCN2CC(C)(c3ccccc3)CCC2(C)C1. The molecular weight excluding hydrogens is 246 g/mol. The number of benzene rings is 1. The Bertz CT molecular complexity index is 483. The van der Waals surface area contributed by atoms with Crippen molar-refractivity contribution in [1.29, 1.82) is 0 Å². The first-order chi connectivity index (χ1) is 9.33. The maximum atomic E-state index is 10.4. The third kappa shape index (κ3) is 2.40. The van der Waals surface area contributed by atoms with Crippen LogP contribution in [0.5, 0.6) is 0 Å². The minimum atomic E-state index is -0.480. The van der Waals surface area contributed by atoms with Crippen LogP contribution in [0.1, 0.15) is 52.0 Å². The van der Waals surface area contributed by atoms with Crippen molar-refractivity contribution in [3.8, 4) is 0 Å². The molecule has 0 aromatic heterocycles. The molecular formula is C18H27NO. The van der Waals surface area contributed by atoms with Crippen LogP contribution < -0.4 is 0 Å². The lowest BCUT2D eigenvalue weighted by Crippen LogP contribution is -2.62. The number of aliphatic hydroxyl groups is 1. The molecule has 2 nitrogen and oxygen atoms in total. The van der Waals surface area contributed by atoms with E-state index < -0.39 is 5.60 Å². The maximum absolute atomic E-state index is 10.4. The molecule has 3 atom stereocenters. The Morgan fingerprint density at radius 1 is 1.00 bits per heavy atom. The third-order valence-corrected chi connectivity index (χ3v) is 5.67. The van der Waals surface area contributed by atoms with Gasteiger partial charge in [0.25, 0.3) is 0 Å². The molecule has 20 heavy (non-hydrogen) atoms. The van der Waals surface area contributed by atoms with E-state index in [9.17, 15) is 5.11 Å². The van der Waals surface area contributed by atoms with E-state index in [-0.39, 0.29) is 11.0 Å². The molecule has 2 aliphatic heterocycles. The summed E-state index contributed by atoms with van der Waals surface area (Å²) in [6.45, 7) is 8.87. The number of hydrogen-bond acceptors (Lipinski definition) is 2. The molecule has 110 valence electrons. The molecule has 2 heterocycles. The van der Waals surface area contributed by atoms with Crippen LogP contribution in [0.15, 0.2) is 30.3 Å². The standard InChI is InChI=1S/C18H27NO/c1-16(15-7-5-4-6-8-15)9-10-17(2)13-18(3,20)11-12-19(17)14-16/h4-8,20H,9-14H2,1-3H3. The lowest BCUT2D eigenvalue weighted by molar-refractivity contribution is -0.0979. The molecule has 2 heteroatoms. The molecule has 1 aromatic carbocycles. The van der Waals surface area contributed by atoms with Crippen LogP contribution in [-0.4, -0.2) is 34.2 Å². The van der Waals surface area contributed by atoms with Crippen molar-refractivity contribution in [1.82, 2.24) is 4.90 Å². The summed E-state index contributed by atoms with van der Waals surface area (Å²) in [7, 11) is 0. The van der Waals surface area contributed by atoms with Crippen LogP contribution in [0.4, 0.5) is 0 Å². The Morgan fingerprint density at radius 3 is 2.40 bits per heavy atom. The summed E-state index contributed by atoms with van der Waals surface area (Å²) in [5.41, 5.74) is 1.41. The van der Waals surface area contributed by atoms with Crippen molar-refractivity contribution in [2.75, 3.05) is 13.1 Å².